The first-order valence-corrected chi connectivity index (χ1v) is 15.7. The molecule has 5 aromatic rings. The fraction of sp³-hybridized carbons (Fsp3) is 0.263. The Kier molecular flexibility index (Phi) is 11.5. The SMILES string of the molecule is O=C(O[C@@H]1[C@@H](OCc2ccccc2)[C@H](OCc2ccccc2)O[C@H](COCc2ccccc2)[C@H]1OCc1ccccc1)n1ccnc1. The highest BCUT2D eigenvalue weighted by Gasteiger charge is 2.50. The molecule has 0 aliphatic carbocycles. The standard InChI is InChI=1S/C38H38N2O7/c41-38(40-22-21-39-28-40)47-35-34(43-24-30-15-7-2-8-16-30)33(27-42-23-29-13-5-1-6-14-29)46-37(45-26-32-19-11-4-12-20-32)36(35)44-25-31-17-9-3-10-18-31/h1-22,28,33-37H,23-27H2/t33-,34-,35+,36-,37-/m1/s1. The van der Waals surface area contributed by atoms with Crippen molar-refractivity contribution in [2.45, 2.75) is 57.1 Å². The number of carbonyl (C=O) groups excluding carboxylic acids is 1. The summed E-state index contributed by atoms with van der Waals surface area (Å²) in [6.07, 6.45) is -0.311. The number of hydrogen-bond donors (Lipinski definition) is 0. The highest BCUT2D eigenvalue weighted by atomic mass is 16.7. The lowest BCUT2D eigenvalue weighted by atomic mass is 9.98. The summed E-state index contributed by atoms with van der Waals surface area (Å²) >= 11 is 0. The van der Waals surface area contributed by atoms with Gasteiger partial charge in [-0.2, -0.15) is 0 Å². The Hall–Kier alpha value is -4.64. The summed E-state index contributed by atoms with van der Waals surface area (Å²) in [6, 6.07) is 39.3. The van der Waals surface area contributed by atoms with Crippen LogP contribution in [0, 0.1) is 0 Å². The molecular formula is C38H38N2O7. The molecule has 1 saturated heterocycles. The summed E-state index contributed by atoms with van der Waals surface area (Å²) in [6.45, 7) is 1.27. The van der Waals surface area contributed by atoms with E-state index in [9.17, 15) is 4.79 Å². The predicted molar refractivity (Wildman–Crippen MR) is 174 cm³/mol. The van der Waals surface area contributed by atoms with Crippen LogP contribution in [0.5, 0.6) is 0 Å². The zero-order valence-electron chi connectivity index (χ0n) is 26.0. The molecule has 0 unspecified atom stereocenters. The third kappa shape index (κ3) is 9.22. The van der Waals surface area contributed by atoms with Crippen LogP contribution < -0.4 is 0 Å². The minimum atomic E-state index is -0.933. The lowest BCUT2D eigenvalue weighted by Gasteiger charge is -2.45. The summed E-state index contributed by atoms with van der Waals surface area (Å²) < 4.78 is 39.8. The summed E-state index contributed by atoms with van der Waals surface area (Å²) in [4.78, 5) is 17.5. The molecule has 0 spiro atoms. The van der Waals surface area contributed by atoms with Gasteiger partial charge in [0.15, 0.2) is 12.4 Å². The summed E-state index contributed by atoms with van der Waals surface area (Å²) in [7, 11) is 0. The Morgan fingerprint density at radius 1 is 0.617 bits per heavy atom. The van der Waals surface area contributed by atoms with Gasteiger partial charge in [0.05, 0.1) is 33.0 Å². The molecular weight excluding hydrogens is 596 g/mol. The maximum absolute atomic E-state index is 13.5. The Morgan fingerprint density at radius 2 is 1.11 bits per heavy atom. The first-order chi connectivity index (χ1) is 23.2. The van der Waals surface area contributed by atoms with Gasteiger partial charge in [-0.3, -0.25) is 0 Å². The van der Waals surface area contributed by atoms with Crippen LogP contribution in [0.4, 0.5) is 4.79 Å². The Labute approximate surface area is 274 Å². The maximum atomic E-state index is 13.5. The number of rotatable bonds is 14. The van der Waals surface area contributed by atoms with Gasteiger partial charge in [-0.1, -0.05) is 121 Å². The summed E-state index contributed by atoms with van der Waals surface area (Å²) in [5, 5.41) is 0. The number of benzene rings is 4. The normalized spacial score (nSPS) is 20.9. The summed E-state index contributed by atoms with van der Waals surface area (Å²) in [5.41, 5.74) is 3.89. The van der Waals surface area contributed by atoms with E-state index in [2.05, 4.69) is 4.98 Å². The van der Waals surface area contributed by atoms with Crippen LogP contribution in [0.1, 0.15) is 22.3 Å². The molecule has 4 aromatic carbocycles. The zero-order chi connectivity index (χ0) is 32.1. The second kappa shape index (κ2) is 16.8. The lowest BCUT2D eigenvalue weighted by molar-refractivity contribution is -0.322. The maximum Gasteiger partial charge on any atom is 0.419 e. The smallest absolute Gasteiger partial charge is 0.419 e. The lowest BCUT2D eigenvalue weighted by Crippen LogP contribution is -2.62. The van der Waals surface area contributed by atoms with E-state index in [4.69, 9.17) is 28.4 Å². The van der Waals surface area contributed by atoms with Gasteiger partial charge in [-0.25, -0.2) is 14.3 Å². The fourth-order valence-electron chi connectivity index (χ4n) is 5.36. The quantitative estimate of drug-likeness (QED) is 0.136. The fourth-order valence-corrected chi connectivity index (χ4v) is 5.36. The van der Waals surface area contributed by atoms with Crippen molar-refractivity contribution >= 4 is 6.09 Å². The predicted octanol–water partition coefficient (Wildman–Crippen LogP) is 6.57. The molecule has 9 heteroatoms. The molecule has 5 atom stereocenters. The largest absolute Gasteiger partial charge is 0.440 e. The van der Waals surface area contributed by atoms with E-state index in [-0.39, 0.29) is 26.4 Å². The van der Waals surface area contributed by atoms with E-state index < -0.39 is 36.8 Å². The van der Waals surface area contributed by atoms with Gasteiger partial charge >= 0.3 is 6.09 Å². The van der Waals surface area contributed by atoms with Crippen LogP contribution in [-0.2, 0) is 54.8 Å². The molecule has 0 N–H and O–H groups in total. The molecule has 2 heterocycles. The van der Waals surface area contributed by atoms with Gasteiger partial charge < -0.3 is 28.4 Å². The van der Waals surface area contributed by atoms with Crippen molar-refractivity contribution in [1.82, 2.24) is 9.55 Å². The van der Waals surface area contributed by atoms with Crippen molar-refractivity contribution < 1.29 is 33.2 Å². The van der Waals surface area contributed by atoms with Crippen molar-refractivity contribution in [3.05, 3.63) is 162 Å². The van der Waals surface area contributed by atoms with Gasteiger partial charge in [-0.15, -0.1) is 0 Å². The Bertz CT molecular complexity index is 1610. The molecule has 9 nitrogen and oxygen atoms in total. The molecule has 1 aliphatic rings. The van der Waals surface area contributed by atoms with Gasteiger partial charge in [0.2, 0.25) is 0 Å². The van der Waals surface area contributed by atoms with Gasteiger partial charge in [-0.05, 0) is 22.3 Å². The molecule has 1 aromatic heterocycles. The molecule has 242 valence electrons. The first-order valence-electron chi connectivity index (χ1n) is 15.7. The zero-order valence-corrected chi connectivity index (χ0v) is 26.0. The van der Waals surface area contributed by atoms with E-state index in [0.717, 1.165) is 22.3 Å². The van der Waals surface area contributed by atoms with Gasteiger partial charge in [0.25, 0.3) is 0 Å². The second-order valence-electron chi connectivity index (χ2n) is 11.2. The van der Waals surface area contributed by atoms with E-state index in [1.807, 2.05) is 121 Å². The monoisotopic (exact) mass is 634 g/mol. The second-order valence-corrected chi connectivity index (χ2v) is 11.2. The van der Waals surface area contributed by atoms with E-state index >= 15 is 0 Å². The van der Waals surface area contributed by atoms with Crippen LogP contribution in [0.15, 0.2) is 140 Å². The molecule has 1 fully saturated rings. The third-order valence-corrected chi connectivity index (χ3v) is 7.76. The minimum absolute atomic E-state index is 0.157. The first kappa shape index (κ1) is 32.3. The van der Waals surface area contributed by atoms with Crippen LogP contribution >= 0.6 is 0 Å². The summed E-state index contributed by atoms with van der Waals surface area (Å²) in [5.74, 6) is 0. The number of nitrogens with zero attached hydrogens (tertiary/aromatic N) is 2. The number of carbonyl (C=O) groups is 1. The highest BCUT2D eigenvalue weighted by molar-refractivity contribution is 5.70. The number of imidazole rings is 1. The van der Waals surface area contributed by atoms with E-state index in [0.29, 0.717) is 6.61 Å². The van der Waals surface area contributed by atoms with Crippen molar-refractivity contribution in [3.8, 4) is 0 Å². The number of aromatic nitrogens is 2. The van der Waals surface area contributed by atoms with Crippen molar-refractivity contribution in [1.29, 1.82) is 0 Å². The van der Waals surface area contributed by atoms with Gasteiger partial charge in [0.1, 0.15) is 24.6 Å². The van der Waals surface area contributed by atoms with Crippen LogP contribution in [0.2, 0.25) is 0 Å². The molecule has 47 heavy (non-hydrogen) atoms. The van der Waals surface area contributed by atoms with E-state index in [1.165, 1.54) is 23.3 Å². The molecule has 0 radical (unpaired) electrons. The van der Waals surface area contributed by atoms with E-state index in [1.54, 1.807) is 0 Å². The van der Waals surface area contributed by atoms with Crippen molar-refractivity contribution in [2.24, 2.45) is 0 Å². The van der Waals surface area contributed by atoms with Crippen molar-refractivity contribution in [3.63, 3.8) is 0 Å². The average molecular weight is 635 g/mol. The van der Waals surface area contributed by atoms with Crippen molar-refractivity contribution in [2.75, 3.05) is 6.61 Å². The van der Waals surface area contributed by atoms with Crippen LogP contribution in [0.25, 0.3) is 0 Å². The van der Waals surface area contributed by atoms with Crippen LogP contribution in [-0.4, -0.2) is 53.0 Å². The molecule has 0 saturated carbocycles. The van der Waals surface area contributed by atoms with Gasteiger partial charge in [0, 0.05) is 12.4 Å². The molecule has 0 bridgehead atoms. The molecule has 0 amide bonds. The topological polar surface area (TPSA) is 90.3 Å². The highest BCUT2D eigenvalue weighted by Crippen LogP contribution is 2.32. The van der Waals surface area contributed by atoms with Crippen LogP contribution in [0.3, 0.4) is 0 Å². The number of ether oxygens (including phenoxy) is 6. The Balaban J connectivity index is 1.31. The molecule has 6 rings (SSSR count). The molecule has 1 aliphatic heterocycles. The third-order valence-electron chi connectivity index (χ3n) is 7.76. The Morgan fingerprint density at radius 3 is 1.62 bits per heavy atom. The minimum Gasteiger partial charge on any atom is -0.440 e. The average Bonchev–Trinajstić information content (AvgIpc) is 3.67. The number of hydrogen-bond acceptors (Lipinski definition) is 8.